The van der Waals surface area contributed by atoms with Gasteiger partial charge >= 0.3 is 0 Å². The number of likely N-dealkylation sites (N-methyl/N-ethyl adjacent to an activating group) is 1. The van der Waals surface area contributed by atoms with Crippen molar-refractivity contribution in [3.8, 4) is 16.9 Å². The van der Waals surface area contributed by atoms with Gasteiger partial charge in [0, 0.05) is 23.4 Å². The van der Waals surface area contributed by atoms with Crippen LogP contribution in [0.1, 0.15) is 22.7 Å². The summed E-state index contributed by atoms with van der Waals surface area (Å²) in [6, 6.07) is 24.2. The summed E-state index contributed by atoms with van der Waals surface area (Å²) in [5.74, 6) is 0.304. The minimum Gasteiger partial charge on any atom is -0.508 e. The standard InChI is InChI=1S/C23H22N2O/c1-25-14-13-21(24)18-9-5-6-10-19(18)23(25)20-12-11-17(15-22(20)26)16-7-3-2-4-8-16/h2-13,15,23,26H,14,24H2,1H3. The van der Waals surface area contributed by atoms with Crippen LogP contribution in [-0.2, 0) is 0 Å². The summed E-state index contributed by atoms with van der Waals surface area (Å²) in [7, 11) is 2.06. The van der Waals surface area contributed by atoms with Crippen molar-refractivity contribution in [2.45, 2.75) is 6.04 Å². The van der Waals surface area contributed by atoms with Gasteiger partial charge in [-0.1, -0.05) is 66.7 Å². The van der Waals surface area contributed by atoms with Gasteiger partial charge in [-0.2, -0.15) is 0 Å². The van der Waals surface area contributed by atoms with Gasteiger partial charge in [-0.25, -0.2) is 0 Å². The van der Waals surface area contributed by atoms with Gasteiger partial charge in [-0.05, 0) is 35.9 Å². The molecule has 0 aliphatic carbocycles. The molecule has 3 aromatic carbocycles. The number of aromatic hydroxyl groups is 1. The lowest BCUT2D eigenvalue weighted by molar-refractivity contribution is 0.303. The Labute approximate surface area is 154 Å². The Morgan fingerprint density at radius 3 is 2.38 bits per heavy atom. The van der Waals surface area contributed by atoms with Gasteiger partial charge < -0.3 is 10.8 Å². The number of benzene rings is 3. The van der Waals surface area contributed by atoms with E-state index in [1.165, 1.54) is 0 Å². The average molecular weight is 342 g/mol. The molecule has 3 nitrogen and oxygen atoms in total. The van der Waals surface area contributed by atoms with Crippen molar-refractivity contribution in [1.29, 1.82) is 0 Å². The lowest BCUT2D eigenvalue weighted by atomic mass is 9.91. The number of hydrogen-bond donors (Lipinski definition) is 2. The van der Waals surface area contributed by atoms with Gasteiger partial charge in [-0.15, -0.1) is 0 Å². The average Bonchev–Trinajstić information content (AvgIpc) is 2.80. The molecule has 3 heteroatoms. The summed E-state index contributed by atoms with van der Waals surface area (Å²) in [6.07, 6.45) is 2.04. The largest absolute Gasteiger partial charge is 0.508 e. The Bertz CT molecular complexity index is 963. The fourth-order valence-electron chi connectivity index (χ4n) is 3.68. The normalized spacial score (nSPS) is 17.3. The second-order valence-corrected chi connectivity index (χ2v) is 6.73. The van der Waals surface area contributed by atoms with Gasteiger partial charge in [0.15, 0.2) is 0 Å². The van der Waals surface area contributed by atoms with E-state index in [-0.39, 0.29) is 6.04 Å². The van der Waals surface area contributed by atoms with E-state index in [9.17, 15) is 5.11 Å². The summed E-state index contributed by atoms with van der Waals surface area (Å²) in [5.41, 5.74) is 12.2. The molecule has 3 aromatic rings. The Balaban J connectivity index is 1.81. The van der Waals surface area contributed by atoms with Crippen LogP contribution in [0.15, 0.2) is 78.9 Å². The van der Waals surface area contributed by atoms with E-state index < -0.39 is 0 Å². The Morgan fingerprint density at radius 2 is 1.62 bits per heavy atom. The van der Waals surface area contributed by atoms with Crippen molar-refractivity contribution in [2.75, 3.05) is 13.6 Å². The quantitative estimate of drug-likeness (QED) is 0.726. The molecule has 1 heterocycles. The van der Waals surface area contributed by atoms with Crippen molar-refractivity contribution < 1.29 is 5.11 Å². The first-order valence-corrected chi connectivity index (χ1v) is 8.78. The molecule has 4 rings (SSSR count). The van der Waals surface area contributed by atoms with E-state index in [4.69, 9.17) is 5.73 Å². The lowest BCUT2D eigenvalue weighted by Crippen LogP contribution is -2.25. The van der Waals surface area contributed by atoms with Crippen LogP contribution in [0.5, 0.6) is 5.75 Å². The summed E-state index contributed by atoms with van der Waals surface area (Å²) in [5, 5.41) is 10.8. The molecule has 0 bridgehead atoms. The second-order valence-electron chi connectivity index (χ2n) is 6.73. The first-order valence-electron chi connectivity index (χ1n) is 8.78. The topological polar surface area (TPSA) is 49.5 Å². The van der Waals surface area contributed by atoms with Crippen LogP contribution in [-0.4, -0.2) is 23.6 Å². The Hall–Kier alpha value is -3.04. The first-order chi connectivity index (χ1) is 12.6. The number of rotatable bonds is 2. The third-order valence-electron chi connectivity index (χ3n) is 5.04. The van der Waals surface area contributed by atoms with E-state index in [0.717, 1.165) is 40.1 Å². The van der Waals surface area contributed by atoms with Crippen LogP contribution in [0, 0.1) is 0 Å². The number of nitrogens with two attached hydrogens (primary N) is 1. The molecule has 26 heavy (non-hydrogen) atoms. The number of phenolic OH excluding ortho intramolecular Hbond substituents is 1. The molecule has 1 atom stereocenters. The second kappa shape index (κ2) is 6.70. The van der Waals surface area contributed by atoms with Crippen LogP contribution in [0.25, 0.3) is 16.8 Å². The molecule has 0 saturated carbocycles. The minimum atomic E-state index is -0.0478. The molecule has 0 radical (unpaired) electrons. The number of hydrogen-bond acceptors (Lipinski definition) is 3. The molecule has 1 aliphatic rings. The summed E-state index contributed by atoms with van der Waals surface area (Å²) < 4.78 is 0. The zero-order chi connectivity index (χ0) is 18.1. The van der Waals surface area contributed by atoms with Gasteiger partial charge in [-0.3, -0.25) is 4.90 Å². The van der Waals surface area contributed by atoms with Gasteiger partial charge in [0.1, 0.15) is 5.75 Å². The molecule has 0 aromatic heterocycles. The molecule has 0 saturated heterocycles. The third kappa shape index (κ3) is 2.87. The summed E-state index contributed by atoms with van der Waals surface area (Å²) in [4.78, 5) is 2.20. The summed E-state index contributed by atoms with van der Waals surface area (Å²) in [6.45, 7) is 0.727. The van der Waals surface area contributed by atoms with Crippen molar-refractivity contribution in [3.63, 3.8) is 0 Å². The molecule has 1 unspecified atom stereocenters. The molecule has 0 fully saturated rings. The first kappa shape index (κ1) is 16.4. The zero-order valence-electron chi connectivity index (χ0n) is 14.8. The van der Waals surface area contributed by atoms with Crippen molar-refractivity contribution in [2.24, 2.45) is 5.73 Å². The van der Waals surface area contributed by atoms with Crippen molar-refractivity contribution >= 4 is 5.70 Å². The third-order valence-corrected chi connectivity index (χ3v) is 5.04. The number of fused-ring (bicyclic) bond motifs is 1. The predicted molar refractivity (Wildman–Crippen MR) is 107 cm³/mol. The van der Waals surface area contributed by atoms with E-state index in [1.54, 1.807) is 0 Å². The molecular formula is C23H22N2O. The van der Waals surface area contributed by atoms with E-state index in [0.29, 0.717) is 5.75 Å². The zero-order valence-corrected chi connectivity index (χ0v) is 14.8. The maximum absolute atomic E-state index is 10.8. The summed E-state index contributed by atoms with van der Waals surface area (Å²) >= 11 is 0. The van der Waals surface area contributed by atoms with Crippen LogP contribution in [0.3, 0.4) is 0 Å². The highest BCUT2D eigenvalue weighted by Gasteiger charge is 2.26. The van der Waals surface area contributed by atoms with Crippen LogP contribution in [0.4, 0.5) is 0 Å². The van der Waals surface area contributed by atoms with Crippen LogP contribution >= 0.6 is 0 Å². The number of nitrogens with zero attached hydrogens (tertiary/aromatic N) is 1. The smallest absolute Gasteiger partial charge is 0.121 e. The van der Waals surface area contributed by atoms with Crippen molar-refractivity contribution in [3.05, 3.63) is 95.6 Å². The molecule has 1 aliphatic heterocycles. The molecule has 130 valence electrons. The SMILES string of the molecule is CN1CC=C(N)c2ccccc2C1c1ccc(-c2ccccc2)cc1O. The molecule has 3 N–H and O–H groups in total. The Kier molecular flexibility index (Phi) is 4.23. The van der Waals surface area contributed by atoms with Gasteiger partial charge in [0.25, 0.3) is 0 Å². The minimum absolute atomic E-state index is 0.0478. The Morgan fingerprint density at radius 1 is 0.885 bits per heavy atom. The monoisotopic (exact) mass is 342 g/mol. The van der Waals surface area contributed by atoms with E-state index in [1.807, 2.05) is 66.7 Å². The van der Waals surface area contributed by atoms with E-state index >= 15 is 0 Å². The van der Waals surface area contributed by atoms with Crippen LogP contribution < -0.4 is 5.73 Å². The van der Waals surface area contributed by atoms with E-state index in [2.05, 4.69) is 24.1 Å². The lowest BCUT2D eigenvalue weighted by Gasteiger charge is -2.28. The van der Waals surface area contributed by atoms with Crippen LogP contribution in [0.2, 0.25) is 0 Å². The predicted octanol–water partition coefficient (Wildman–Crippen LogP) is 4.39. The van der Waals surface area contributed by atoms with Gasteiger partial charge in [0.05, 0.1) is 6.04 Å². The highest BCUT2D eigenvalue weighted by Crippen LogP contribution is 2.39. The highest BCUT2D eigenvalue weighted by atomic mass is 16.3. The molecular weight excluding hydrogens is 320 g/mol. The highest BCUT2D eigenvalue weighted by molar-refractivity contribution is 5.70. The van der Waals surface area contributed by atoms with Crippen molar-refractivity contribution in [1.82, 2.24) is 4.90 Å². The number of phenols is 1. The van der Waals surface area contributed by atoms with Gasteiger partial charge in [0.2, 0.25) is 0 Å². The molecule has 0 spiro atoms. The fraction of sp³-hybridized carbons (Fsp3) is 0.130. The maximum Gasteiger partial charge on any atom is 0.121 e. The fourth-order valence-corrected chi connectivity index (χ4v) is 3.68. The molecule has 0 amide bonds. The maximum atomic E-state index is 10.8.